The lowest BCUT2D eigenvalue weighted by Gasteiger charge is -2.23. The summed E-state index contributed by atoms with van der Waals surface area (Å²) in [5.41, 5.74) is 9.05. The fourth-order valence-corrected chi connectivity index (χ4v) is 5.23. The summed E-state index contributed by atoms with van der Waals surface area (Å²) in [6.07, 6.45) is 4.32. The summed E-state index contributed by atoms with van der Waals surface area (Å²) in [5, 5.41) is 1.30. The van der Waals surface area contributed by atoms with Gasteiger partial charge in [-0.3, -0.25) is 0 Å². The van der Waals surface area contributed by atoms with E-state index in [0.717, 1.165) is 5.69 Å². The van der Waals surface area contributed by atoms with Crippen molar-refractivity contribution in [3.8, 4) is 22.9 Å². The van der Waals surface area contributed by atoms with Gasteiger partial charge in [-0.05, 0) is 53.6 Å². The fraction of sp³-hybridized carbons (Fsp3) is 0.258. The van der Waals surface area contributed by atoms with Gasteiger partial charge in [-0.25, -0.2) is 4.57 Å². The Balaban J connectivity index is 1.96. The van der Waals surface area contributed by atoms with Crippen LogP contribution in [0.1, 0.15) is 56.2 Å². The zero-order chi connectivity index (χ0) is 24.0. The van der Waals surface area contributed by atoms with Crippen LogP contribution in [0.15, 0.2) is 85.2 Å². The Morgan fingerprint density at radius 1 is 0.735 bits per heavy atom. The molecule has 172 valence electrons. The first-order valence-electron chi connectivity index (χ1n) is 12.3. The zero-order valence-corrected chi connectivity index (χ0v) is 21.1. The van der Waals surface area contributed by atoms with Gasteiger partial charge >= 0.3 is 5.82 Å². The Morgan fingerprint density at radius 3 is 2.00 bits per heavy atom. The number of aromatic nitrogens is 3. The van der Waals surface area contributed by atoms with E-state index in [1.54, 1.807) is 0 Å². The van der Waals surface area contributed by atoms with Crippen molar-refractivity contribution in [2.24, 2.45) is 7.05 Å². The van der Waals surface area contributed by atoms with Crippen molar-refractivity contribution < 1.29 is 4.57 Å². The maximum absolute atomic E-state index is 2.53. The average molecular weight is 449 g/mol. The van der Waals surface area contributed by atoms with Crippen molar-refractivity contribution in [1.82, 2.24) is 9.13 Å². The molecular weight excluding hydrogens is 414 g/mol. The minimum absolute atomic E-state index is 0.415. The van der Waals surface area contributed by atoms with Gasteiger partial charge in [0.15, 0.2) is 0 Å². The molecule has 0 aliphatic carbocycles. The van der Waals surface area contributed by atoms with Gasteiger partial charge in [0.25, 0.3) is 0 Å². The largest absolute Gasteiger partial charge is 0.311 e. The predicted molar refractivity (Wildman–Crippen MR) is 142 cm³/mol. The molecule has 5 aromatic rings. The summed E-state index contributed by atoms with van der Waals surface area (Å²) < 4.78 is 7.09. The number of para-hydroxylation sites is 3. The molecule has 0 saturated carbocycles. The third kappa shape index (κ3) is 3.47. The summed E-state index contributed by atoms with van der Waals surface area (Å²) in [6.45, 7) is 11.5. The van der Waals surface area contributed by atoms with Crippen molar-refractivity contribution in [3.63, 3.8) is 0 Å². The van der Waals surface area contributed by atoms with Crippen LogP contribution in [0.3, 0.4) is 0 Å². The quantitative estimate of drug-likeness (QED) is 0.248. The van der Waals surface area contributed by atoms with Crippen LogP contribution in [-0.2, 0) is 7.05 Å². The number of hydrogen-bond donors (Lipinski definition) is 0. The van der Waals surface area contributed by atoms with E-state index < -0.39 is 0 Å². The van der Waals surface area contributed by atoms with Crippen LogP contribution in [0.5, 0.6) is 0 Å². The zero-order valence-electron chi connectivity index (χ0n) is 21.1. The topological polar surface area (TPSA) is 13.7 Å². The Kier molecular flexibility index (Phi) is 5.65. The summed E-state index contributed by atoms with van der Waals surface area (Å²) in [5.74, 6) is 2.00. The van der Waals surface area contributed by atoms with E-state index in [1.165, 1.54) is 44.8 Å². The van der Waals surface area contributed by atoms with Crippen molar-refractivity contribution in [1.29, 1.82) is 0 Å². The van der Waals surface area contributed by atoms with E-state index in [4.69, 9.17) is 0 Å². The summed E-state index contributed by atoms with van der Waals surface area (Å²) in [6, 6.07) is 26.3. The summed E-state index contributed by atoms with van der Waals surface area (Å²) >= 11 is 0. The van der Waals surface area contributed by atoms with E-state index >= 15 is 0 Å². The SMILES string of the molecule is Cc1c(-c2n(-c3ccccc3)cc[n+]2C)n(-c2c(C(C)C)cccc2C(C)C)c2ccccc12. The second kappa shape index (κ2) is 8.64. The van der Waals surface area contributed by atoms with Crippen molar-refractivity contribution in [2.75, 3.05) is 0 Å². The minimum atomic E-state index is 0.415. The highest BCUT2D eigenvalue weighted by Gasteiger charge is 2.30. The molecule has 0 amide bonds. The molecule has 0 aliphatic heterocycles. The molecule has 0 unspecified atom stereocenters. The molecule has 0 aliphatic rings. The molecular formula is C31H34N3+. The number of rotatable bonds is 5. The molecule has 0 radical (unpaired) electrons. The molecule has 0 saturated heterocycles. The molecule has 3 aromatic carbocycles. The van der Waals surface area contributed by atoms with Crippen LogP contribution >= 0.6 is 0 Å². The third-order valence-electron chi connectivity index (χ3n) is 6.94. The first-order chi connectivity index (χ1) is 16.4. The number of aryl methyl sites for hydroxylation is 2. The second-order valence-electron chi connectivity index (χ2n) is 9.86. The lowest BCUT2D eigenvalue weighted by molar-refractivity contribution is -0.659. The van der Waals surface area contributed by atoms with Crippen LogP contribution in [0, 0.1) is 6.92 Å². The van der Waals surface area contributed by atoms with Gasteiger partial charge in [0, 0.05) is 5.39 Å². The second-order valence-corrected chi connectivity index (χ2v) is 9.86. The van der Waals surface area contributed by atoms with Crippen LogP contribution in [0.2, 0.25) is 0 Å². The molecule has 2 heterocycles. The van der Waals surface area contributed by atoms with Gasteiger partial charge in [0.05, 0.1) is 18.3 Å². The molecule has 2 aromatic heterocycles. The Bertz CT molecular complexity index is 1440. The van der Waals surface area contributed by atoms with Gasteiger partial charge in [-0.2, -0.15) is 4.57 Å². The molecule has 5 rings (SSSR count). The first kappa shape index (κ1) is 22.2. The predicted octanol–water partition coefficient (Wildman–Crippen LogP) is 7.47. The number of hydrogen-bond acceptors (Lipinski definition) is 0. The smallest absolute Gasteiger partial charge is 0.302 e. The molecule has 3 heteroatoms. The molecule has 0 atom stereocenters. The molecule has 3 nitrogen and oxygen atoms in total. The van der Waals surface area contributed by atoms with Gasteiger partial charge in [0.2, 0.25) is 0 Å². The Labute approximate surface area is 202 Å². The summed E-state index contributed by atoms with van der Waals surface area (Å²) in [4.78, 5) is 0. The van der Waals surface area contributed by atoms with Gasteiger partial charge in [-0.15, -0.1) is 0 Å². The van der Waals surface area contributed by atoms with E-state index in [2.05, 4.69) is 141 Å². The molecule has 0 fully saturated rings. The number of benzene rings is 3. The monoisotopic (exact) mass is 448 g/mol. The van der Waals surface area contributed by atoms with E-state index in [9.17, 15) is 0 Å². The molecule has 34 heavy (non-hydrogen) atoms. The van der Waals surface area contributed by atoms with Crippen LogP contribution < -0.4 is 4.57 Å². The van der Waals surface area contributed by atoms with Gasteiger partial charge in [0.1, 0.15) is 23.8 Å². The first-order valence-corrected chi connectivity index (χ1v) is 12.3. The average Bonchev–Trinajstić information content (AvgIpc) is 3.35. The Morgan fingerprint density at radius 2 is 1.35 bits per heavy atom. The molecule has 0 bridgehead atoms. The van der Waals surface area contributed by atoms with E-state index in [1.807, 2.05) is 0 Å². The van der Waals surface area contributed by atoms with Gasteiger partial charge in [-0.1, -0.05) is 82.3 Å². The highest BCUT2D eigenvalue weighted by atomic mass is 15.2. The van der Waals surface area contributed by atoms with Crippen molar-refractivity contribution in [2.45, 2.75) is 46.5 Å². The molecule has 0 spiro atoms. The highest BCUT2D eigenvalue weighted by Crippen LogP contribution is 2.40. The Hall–Kier alpha value is -3.59. The maximum atomic E-state index is 2.53. The normalized spacial score (nSPS) is 11.8. The van der Waals surface area contributed by atoms with Crippen LogP contribution in [0.4, 0.5) is 0 Å². The van der Waals surface area contributed by atoms with Crippen LogP contribution in [-0.4, -0.2) is 9.13 Å². The highest BCUT2D eigenvalue weighted by molar-refractivity contribution is 5.93. The summed E-state index contributed by atoms with van der Waals surface area (Å²) in [7, 11) is 2.15. The lowest BCUT2D eigenvalue weighted by Crippen LogP contribution is -2.30. The number of nitrogens with zero attached hydrogens (tertiary/aromatic N) is 3. The lowest BCUT2D eigenvalue weighted by atomic mass is 9.92. The number of fused-ring (bicyclic) bond motifs is 1. The number of imidazole rings is 1. The van der Waals surface area contributed by atoms with Crippen molar-refractivity contribution >= 4 is 10.9 Å². The van der Waals surface area contributed by atoms with E-state index in [-0.39, 0.29) is 0 Å². The van der Waals surface area contributed by atoms with Crippen LogP contribution in [0.25, 0.3) is 33.8 Å². The van der Waals surface area contributed by atoms with Crippen molar-refractivity contribution in [3.05, 3.63) is 102 Å². The minimum Gasteiger partial charge on any atom is -0.302 e. The maximum Gasteiger partial charge on any atom is 0.311 e. The third-order valence-corrected chi connectivity index (χ3v) is 6.94. The van der Waals surface area contributed by atoms with E-state index in [0.29, 0.717) is 11.8 Å². The standard InChI is InChI=1S/C31H34N3/c1-21(2)25-16-12-17-26(22(3)4)30(25)34-28-18-11-10-15-27(28)23(5)29(34)31-32(6)19-20-33(31)24-13-8-7-9-14-24/h7-22H,1-6H3/q+1. The molecule has 0 N–H and O–H groups in total. The fourth-order valence-electron chi connectivity index (χ4n) is 5.23. The van der Waals surface area contributed by atoms with Gasteiger partial charge < -0.3 is 4.57 Å².